The van der Waals surface area contributed by atoms with Crippen LogP contribution < -0.4 is 5.32 Å². The molecule has 0 saturated carbocycles. The number of rotatable bonds is 5. The minimum atomic E-state index is -0.234. The average molecular weight is 159 g/mol. The molecule has 0 amide bonds. The molecule has 0 aliphatic heterocycles. The number of hydrogen-bond donors (Lipinski definition) is 2. The molecule has 0 aromatic carbocycles. The lowest BCUT2D eigenvalue weighted by Crippen LogP contribution is -2.33. The van der Waals surface area contributed by atoms with Crippen LogP contribution in [-0.4, -0.2) is 24.3 Å². The fourth-order valence-electron chi connectivity index (χ4n) is 0.744. The van der Waals surface area contributed by atoms with E-state index >= 15 is 0 Å². The molecule has 2 heteroatoms. The normalized spacial score (nSPS) is 15.0. The fraction of sp³-hybridized carbons (Fsp3) is 1.00. The maximum atomic E-state index is 8.96. The van der Waals surface area contributed by atoms with Crippen molar-refractivity contribution in [2.75, 3.05) is 13.1 Å². The second-order valence-corrected chi connectivity index (χ2v) is 4.00. The van der Waals surface area contributed by atoms with Crippen LogP contribution in [0.4, 0.5) is 0 Å². The van der Waals surface area contributed by atoms with Gasteiger partial charge in [0.1, 0.15) is 0 Å². The van der Waals surface area contributed by atoms with Gasteiger partial charge in [-0.25, -0.2) is 0 Å². The molecule has 0 heterocycles. The van der Waals surface area contributed by atoms with Crippen LogP contribution in [0.3, 0.4) is 0 Å². The number of aliphatic hydroxyl groups excluding tert-OH is 1. The molecule has 0 rings (SSSR count). The van der Waals surface area contributed by atoms with Gasteiger partial charge in [-0.2, -0.15) is 0 Å². The highest BCUT2D eigenvalue weighted by molar-refractivity contribution is 4.69. The molecule has 68 valence electrons. The van der Waals surface area contributed by atoms with Crippen LogP contribution in [0, 0.1) is 5.41 Å². The molecule has 2 nitrogen and oxygen atoms in total. The van der Waals surface area contributed by atoms with E-state index in [1.807, 2.05) is 0 Å². The molecular weight excluding hydrogens is 138 g/mol. The van der Waals surface area contributed by atoms with Gasteiger partial charge in [0, 0.05) is 13.1 Å². The molecule has 0 fully saturated rings. The Bertz CT molecular complexity index is 99.7. The summed E-state index contributed by atoms with van der Waals surface area (Å²) >= 11 is 0. The van der Waals surface area contributed by atoms with Gasteiger partial charge in [-0.15, -0.1) is 0 Å². The van der Waals surface area contributed by atoms with Gasteiger partial charge in [0.05, 0.1) is 6.10 Å². The third-order valence-corrected chi connectivity index (χ3v) is 2.00. The summed E-state index contributed by atoms with van der Waals surface area (Å²) in [4.78, 5) is 0. The Morgan fingerprint density at radius 3 is 2.36 bits per heavy atom. The summed E-state index contributed by atoms with van der Waals surface area (Å²) in [5.74, 6) is 0. The molecule has 0 aliphatic carbocycles. The molecule has 0 saturated heterocycles. The quantitative estimate of drug-likeness (QED) is 0.635. The van der Waals surface area contributed by atoms with Crippen molar-refractivity contribution < 1.29 is 5.11 Å². The molecule has 0 spiro atoms. The SMILES string of the molecule is CCC(C)(C)CNC[C@H](C)O. The van der Waals surface area contributed by atoms with Crippen molar-refractivity contribution in [2.24, 2.45) is 5.41 Å². The zero-order valence-electron chi connectivity index (χ0n) is 8.15. The Labute approximate surface area is 70.0 Å². The van der Waals surface area contributed by atoms with Crippen LogP contribution in [0.2, 0.25) is 0 Å². The molecule has 0 radical (unpaired) electrons. The van der Waals surface area contributed by atoms with Crippen LogP contribution in [0.1, 0.15) is 34.1 Å². The molecule has 0 aromatic heterocycles. The van der Waals surface area contributed by atoms with Crippen molar-refractivity contribution >= 4 is 0 Å². The molecule has 1 atom stereocenters. The Kier molecular flexibility index (Phi) is 4.69. The second kappa shape index (κ2) is 4.73. The molecule has 2 N–H and O–H groups in total. The van der Waals surface area contributed by atoms with Crippen molar-refractivity contribution in [1.82, 2.24) is 5.32 Å². The summed E-state index contributed by atoms with van der Waals surface area (Å²) < 4.78 is 0. The van der Waals surface area contributed by atoms with E-state index in [0.29, 0.717) is 12.0 Å². The van der Waals surface area contributed by atoms with Crippen LogP contribution in [-0.2, 0) is 0 Å². The lowest BCUT2D eigenvalue weighted by molar-refractivity contribution is 0.183. The third kappa shape index (κ3) is 6.32. The van der Waals surface area contributed by atoms with E-state index in [-0.39, 0.29) is 6.10 Å². The van der Waals surface area contributed by atoms with E-state index in [1.54, 1.807) is 6.92 Å². The fourth-order valence-corrected chi connectivity index (χ4v) is 0.744. The topological polar surface area (TPSA) is 32.3 Å². The van der Waals surface area contributed by atoms with E-state index in [1.165, 1.54) is 6.42 Å². The van der Waals surface area contributed by atoms with E-state index in [2.05, 4.69) is 26.1 Å². The minimum Gasteiger partial charge on any atom is -0.392 e. The smallest absolute Gasteiger partial charge is 0.0636 e. The Morgan fingerprint density at radius 1 is 1.45 bits per heavy atom. The molecule has 0 aliphatic rings. The van der Waals surface area contributed by atoms with Crippen molar-refractivity contribution in [3.8, 4) is 0 Å². The number of hydrogen-bond acceptors (Lipinski definition) is 2. The van der Waals surface area contributed by atoms with Crippen LogP contribution >= 0.6 is 0 Å². The molecule has 0 bridgehead atoms. The van der Waals surface area contributed by atoms with Gasteiger partial charge in [-0.1, -0.05) is 20.8 Å². The number of nitrogens with one attached hydrogen (secondary N) is 1. The van der Waals surface area contributed by atoms with Gasteiger partial charge < -0.3 is 10.4 Å². The maximum Gasteiger partial charge on any atom is 0.0636 e. The first-order chi connectivity index (χ1) is 4.98. The van der Waals surface area contributed by atoms with Crippen molar-refractivity contribution in [1.29, 1.82) is 0 Å². The Morgan fingerprint density at radius 2 is 2.00 bits per heavy atom. The van der Waals surface area contributed by atoms with Crippen LogP contribution in [0.15, 0.2) is 0 Å². The average Bonchev–Trinajstić information content (AvgIpc) is 1.87. The van der Waals surface area contributed by atoms with Gasteiger partial charge in [0.2, 0.25) is 0 Å². The Balaban J connectivity index is 3.38. The molecule has 0 aromatic rings. The zero-order chi connectivity index (χ0) is 8.91. The predicted molar refractivity (Wildman–Crippen MR) is 48.6 cm³/mol. The van der Waals surface area contributed by atoms with Crippen LogP contribution in [0.25, 0.3) is 0 Å². The standard InChI is InChI=1S/C9H21NO/c1-5-9(3,4)7-10-6-8(2)11/h8,10-11H,5-7H2,1-4H3/t8-/m0/s1. The molecule has 0 unspecified atom stereocenters. The van der Waals surface area contributed by atoms with Gasteiger partial charge in [0.15, 0.2) is 0 Å². The van der Waals surface area contributed by atoms with E-state index in [0.717, 1.165) is 6.54 Å². The third-order valence-electron chi connectivity index (χ3n) is 2.00. The van der Waals surface area contributed by atoms with Crippen molar-refractivity contribution in [3.05, 3.63) is 0 Å². The summed E-state index contributed by atoms with van der Waals surface area (Å²) in [6.07, 6.45) is 0.933. The summed E-state index contributed by atoms with van der Waals surface area (Å²) in [6.45, 7) is 10.1. The van der Waals surface area contributed by atoms with Crippen LogP contribution in [0.5, 0.6) is 0 Å². The lowest BCUT2D eigenvalue weighted by Gasteiger charge is -2.23. The first-order valence-electron chi connectivity index (χ1n) is 4.37. The predicted octanol–water partition coefficient (Wildman–Crippen LogP) is 1.39. The first kappa shape index (κ1) is 10.9. The highest BCUT2D eigenvalue weighted by atomic mass is 16.3. The lowest BCUT2D eigenvalue weighted by atomic mass is 9.90. The van der Waals surface area contributed by atoms with Crippen molar-refractivity contribution in [2.45, 2.75) is 40.2 Å². The van der Waals surface area contributed by atoms with Gasteiger partial charge in [-0.05, 0) is 18.8 Å². The van der Waals surface area contributed by atoms with Gasteiger partial charge in [0.25, 0.3) is 0 Å². The summed E-state index contributed by atoms with van der Waals surface area (Å²) in [5.41, 5.74) is 0.356. The van der Waals surface area contributed by atoms with Gasteiger partial charge >= 0.3 is 0 Å². The monoisotopic (exact) mass is 159 g/mol. The minimum absolute atomic E-state index is 0.234. The van der Waals surface area contributed by atoms with Gasteiger partial charge in [-0.3, -0.25) is 0 Å². The highest BCUT2D eigenvalue weighted by Crippen LogP contribution is 2.17. The Hall–Kier alpha value is -0.0800. The molecular formula is C9H21NO. The summed E-state index contributed by atoms with van der Waals surface area (Å²) in [6, 6.07) is 0. The first-order valence-corrected chi connectivity index (χ1v) is 4.37. The highest BCUT2D eigenvalue weighted by Gasteiger charge is 2.13. The second-order valence-electron chi connectivity index (χ2n) is 4.00. The maximum absolute atomic E-state index is 8.96. The summed E-state index contributed by atoms with van der Waals surface area (Å²) in [5, 5.41) is 12.2. The van der Waals surface area contributed by atoms with E-state index < -0.39 is 0 Å². The van der Waals surface area contributed by atoms with E-state index in [9.17, 15) is 0 Å². The van der Waals surface area contributed by atoms with Crippen molar-refractivity contribution in [3.63, 3.8) is 0 Å². The largest absolute Gasteiger partial charge is 0.392 e. The zero-order valence-corrected chi connectivity index (χ0v) is 8.15. The summed E-state index contributed by atoms with van der Waals surface area (Å²) in [7, 11) is 0. The molecule has 11 heavy (non-hydrogen) atoms. The number of aliphatic hydroxyl groups is 1. The van der Waals surface area contributed by atoms with E-state index in [4.69, 9.17) is 5.11 Å².